The summed E-state index contributed by atoms with van der Waals surface area (Å²) in [6, 6.07) is 0. The SMILES string of the molecule is Cc1cnc(C(=O)Nc2c3c(nn2C)CSC3)cn1. The molecule has 6 nitrogen and oxygen atoms in total. The zero-order chi connectivity index (χ0) is 13.4. The number of aromatic nitrogens is 4. The van der Waals surface area contributed by atoms with Crippen molar-refractivity contribution in [2.45, 2.75) is 18.4 Å². The highest BCUT2D eigenvalue weighted by Crippen LogP contribution is 2.34. The van der Waals surface area contributed by atoms with Crippen LogP contribution in [0.4, 0.5) is 5.82 Å². The van der Waals surface area contributed by atoms with E-state index < -0.39 is 0 Å². The molecule has 2 aromatic heterocycles. The van der Waals surface area contributed by atoms with Gasteiger partial charge in [0.05, 0.1) is 17.6 Å². The molecule has 1 aliphatic heterocycles. The summed E-state index contributed by atoms with van der Waals surface area (Å²) in [4.78, 5) is 20.3. The minimum atomic E-state index is -0.254. The number of anilines is 1. The average Bonchev–Trinajstić information content (AvgIpc) is 2.94. The van der Waals surface area contributed by atoms with E-state index in [0.717, 1.165) is 34.3 Å². The molecule has 0 unspecified atom stereocenters. The number of fused-ring (bicyclic) bond motifs is 1. The predicted octanol–water partition coefficient (Wildman–Crippen LogP) is 1.52. The molecule has 2 aromatic rings. The minimum absolute atomic E-state index is 0.254. The number of nitrogens with zero attached hydrogens (tertiary/aromatic N) is 4. The van der Waals surface area contributed by atoms with E-state index in [1.807, 2.05) is 14.0 Å². The molecule has 0 saturated heterocycles. The van der Waals surface area contributed by atoms with Crippen LogP contribution < -0.4 is 5.32 Å². The van der Waals surface area contributed by atoms with E-state index in [9.17, 15) is 4.79 Å². The molecule has 0 spiro atoms. The second kappa shape index (κ2) is 4.65. The van der Waals surface area contributed by atoms with Crippen molar-refractivity contribution in [1.82, 2.24) is 19.7 Å². The van der Waals surface area contributed by atoms with Crippen LogP contribution in [0.2, 0.25) is 0 Å². The van der Waals surface area contributed by atoms with Gasteiger partial charge in [-0.15, -0.1) is 0 Å². The normalized spacial score (nSPS) is 13.4. The quantitative estimate of drug-likeness (QED) is 0.899. The van der Waals surface area contributed by atoms with Crippen molar-refractivity contribution in [3.63, 3.8) is 0 Å². The molecule has 0 atom stereocenters. The van der Waals surface area contributed by atoms with Crippen molar-refractivity contribution in [2.75, 3.05) is 5.32 Å². The molecule has 7 heteroatoms. The van der Waals surface area contributed by atoms with Crippen LogP contribution in [0.25, 0.3) is 0 Å². The van der Waals surface area contributed by atoms with Gasteiger partial charge in [0.1, 0.15) is 11.5 Å². The standard InChI is InChI=1S/C12H13N5OS/c1-7-3-14-9(4-13-7)12(18)15-11-8-5-19-6-10(8)16-17(11)2/h3-4H,5-6H2,1-2H3,(H,15,18). The van der Waals surface area contributed by atoms with Gasteiger partial charge in [-0.2, -0.15) is 16.9 Å². The van der Waals surface area contributed by atoms with Crippen LogP contribution in [-0.4, -0.2) is 25.7 Å². The van der Waals surface area contributed by atoms with Crippen molar-refractivity contribution in [3.05, 3.63) is 35.0 Å². The highest BCUT2D eigenvalue weighted by molar-refractivity contribution is 7.98. The third kappa shape index (κ3) is 2.21. The van der Waals surface area contributed by atoms with E-state index >= 15 is 0 Å². The lowest BCUT2D eigenvalue weighted by molar-refractivity contribution is 0.102. The van der Waals surface area contributed by atoms with Gasteiger partial charge in [0, 0.05) is 30.3 Å². The third-order valence-corrected chi connectivity index (χ3v) is 3.93. The monoisotopic (exact) mass is 275 g/mol. The summed E-state index contributed by atoms with van der Waals surface area (Å²) < 4.78 is 1.71. The van der Waals surface area contributed by atoms with Crippen LogP contribution in [0, 0.1) is 6.92 Å². The fourth-order valence-electron chi connectivity index (χ4n) is 1.98. The number of rotatable bonds is 2. The van der Waals surface area contributed by atoms with Gasteiger partial charge in [-0.25, -0.2) is 4.98 Å². The summed E-state index contributed by atoms with van der Waals surface area (Å²) in [5, 5.41) is 7.27. The van der Waals surface area contributed by atoms with E-state index in [4.69, 9.17) is 0 Å². The molecule has 1 N–H and O–H groups in total. The second-order valence-corrected chi connectivity index (χ2v) is 5.37. The molecule has 0 aromatic carbocycles. The number of amides is 1. The summed E-state index contributed by atoms with van der Waals surface area (Å²) in [5.41, 5.74) is 3.26. The number of carbonyl (C=O) groups is 1. The van der Waals surface area contributed by atoms with Gasteiger partial charge in [-0.1, -0.05) is 0 Å². The first-order chi connectivity index (χ1) is 9.15. The molecule has 1 amide bonds. The summed E-state index contributed by atoms with van der Waals surface area (Å²) >= 11 is 1.80. The summed E-state index contributed by atoms with van der Waals surface area (Å²) in [5.74, 6) is 2.30. The molecule has 19 heavy (non-hydrogen) atoms. The van der Waals surface area contributed by atoms with Gasteiger partial charge >= 0.3 is 0 Å². The Morgan fingerprint density at radius 2 is 2.21 bits per heavy atom. The zero-order valence-electron chi connectivity index (χ0n) is 10.7. The Balaban J connectivity index is 1.85. The van der Waals surface area contributed by atoms with Gasteiger partial charge in [-0.05, 0) is 6.92 Å². The number of hydrogen-bond donors (Lipinski definition) is 1. The Hall–Kier alpha value is -1.89. The first kappa shape index (κ1) is 12.2. The molecular weight excluding hydrogens is 262 g/mol. The molecule has 0 fully saturated rings. The van der Waals surface area contributed by atoms with Crippen LogP contribution in [0.1, 0.15) is 27.4 Å². The summed E-state index contributed by atoms with van der Waals surface area (Å²) in [7, 11) is 1.83. The van der Waals surface area contributed by atoms with E-state index in [0.29, 0.717) is 5.69 Å². The Morgan fingerprint density at radius 1 is 1.37 bits per heavy atom. The number of nitrogens with one attached hydrogen (secondary N) is 1. The van der Waals surface area contributed by atoms with Crippen molar-refractivity contribution in [2.24, 2.45) is 7.05 Å². The highest BCUT2D eigenvalue weighted by atomic mass is 32.2. The molecule has 0 radical (unpaired) electrons. The van der Waals surface area contributed by atoms with Crippen molar-refractivity contribution < 1.29 is 4.79 Å². The maximum absolute atomic E-state index is 12.1. The highest BCUT2D eigenvalue weighted by Gasteiger charge is 2.23. The first-order valence-corrected chi connectivity index (χ1v) is 7.03. The molecule has 1 aliphatic rings. The fraction of sp³-hybridized carbons (Fsp3) is 0.333. The van der Waals surface area contributed by atoms with Gasteiger partial charge < -0.3 is 5.32 Å². The van der Waals surface area contributed by atoms with E-state index in [2.05, 4.69) is 20.4 Å². The van der Waals surface area contributed by atoms with E-state index in [1.54, 1.807) is 22.6 Å². The third-order valence-electron chi connectivity index (χ3n) is 2.96. The van der Waals surface area contributed by atoms with Crippen molar-refractivity contribution in [3.8, 4) is 0 Å². The van der Waals surface area contributed by atoms with Crippen molar-refractivity contribution in [1.29, 1.82) is 0 Å². The number of hydrogen-bond acceptors (Lipinski definition) is 5. The lowest BCUT2D eigenvalue weighted by atomic mass is 10.2. The number of aryl methyl sites for hydroxylation is 2. The van der Waals surface area contributed by atoms with E-state index in [1.165, 1.54) is 6.20 Å². The summed E-state index contributed by atoms with van der Waals surface area (Å²) in [6.07, 6.45) is 3.06. The average molecular weight is 275 g/mol. The Morgan fingerprint density at radius 3 is 2.95 bits per heavy atom. The molecule has 0 aliphatic carbocycles. The number of carbonyl (C=O) groups excluding carboxylic acids is 1. The number of thioether (sulfide) groups is 1. The largest absolute Gasteiger partial charge is 0.305 e. The van der Waals surface area contributed by atoms with Gasteiger partial charge in [-0.3, -0.25) is 14.5 Å². The van der Waals surface area contributed by atoms with Crippen LogP contribution in [0.15, 0.2) is 12.4 Å². The molecule has 3 heterocycles. The first-order valence-electron chi connectivity index (χ1n) is 5.87. The lowest BCUT2D eigenvalue weighted by Gasteiger charge is -2.06. The van der Waals surface area contributed by atoms with Crippen LogP contribution in [0.5, 0.6) is 0 Å². The van der Waals surface area contributed by atoms with Crippen LogP contribution in [0.3, 0.4) is 0 Å². The topological polar surface area (TPSA) is 72.7 Å². The van der Waals surface area contributed by atoms with Gasteiger partial charge in [0.15, 0.2) is 0 Å². The minimum Gasteiger partial charge on any atom is -0.305 e. The van der Waals surface area contributed by atoms with E-state index in [-0.39, 0.29) is 5.91 Å². The van der Waals surface area contributed by atoms with Gasteiger partial charge in [0.2, 0.25) is 0 Å². The lowest BCUT2D eigenvalue weighted by Crippen LogP contribution is -2.17. The summed E-state index contributed by atoms with van der Waals surface area (Å²) in [6.45, 7) is 1.83. The molecular formula is C12H13N5OS. The Bertz CT molecular complexity index is 634. The Kier molecular flexibility index (Phi) is 2.98. The molecule has 3 rings (SSSR count). The second-order valence-electron chi connectivity index (χ2n) is 4.39. The van der Waals surface area contributed by atoms with Gasteiger partial charge in [0.25, 0.3) is 5.91 Å². The fourth-order valence-corrected chi connectivity index (χ4v) is 3.01. The maximum atomic E-state index is 12.1. The zero-order valence-corrected chi connectivity index (χ0v) is 11.5. The maximum Gasteiger partial charge on any atom is 0.277 e. The molecule has 98 valence electrons. The smallest absolute Gasteiger partial charge is 0.277 e. The van der Waals surface area contributed by atoms with Crippen LogP contribution >= 0.6 is 11.8 Å². The molecule has 0 saturated carbocycles. The predicted molar refractivity (Wildman–Crippen MR) is 72.9 cm³/mol. The Labute approximate surface area is 114 Å². The molecule has 0 bridgehead atoms. The van der Waals surface area contributed by atoms with Crippen molar-refractivity contribution >= 4 is 23.5 Å². The van der Waals surface area contributed by atoms with Crippen LogP contribution in [-0.2, 0) is 18.6 Å².